The van der Waals surface area contributed by atoms with Crippen LogP contribution in [-0.4, -0.2) is 48.2 Å². The molecule has 1 aliphatic carbocycles. The maximum atomic E-state index is 13.3. The van der Waals surface area contributed by atoms with Gasteiger partial charge >= 0.3 is 6.18 Å². The van der Waals surface area contributed by atoms with E-state index >= 15 is 0 Å². The SMILES string of the molecule is N#Cc1ccc(N2CCN(C(=O)CC3CCCCC3)CC2CO)cc1C(F)(F)F. The molecule has 1 amide bonds. The number of benzene rings is 1. The zero-order valence-electron chi connectivity index (χ0n) is 16.3. The molecule has 1 aliphatic heterocycles. The fourth-order valence-corrected chi connectivity index (χ4v) is 4.39. The Balaban J connectivity index is 1.71. The van der Waals surface area contributed by atoms with Gasteiger partial charge in [-0.05, 0) is 37.0 Å². The zero-order chi connectivity index (χ0) is 21.0. The molecule has 5 nitrogen and oxygen atoms in total. The van der Waals surface area contributed by atoms with Gasteiger partial charge in [-0.3, -0.25) is 4.79 Å². The molecule has 0 radical (unpaired) electrons. The fourth-order valence-electron chi connectivity index (χ4n) is 4.39. The largest absolute Gasteiger partial charge is 0.417 e. The summed E-state index contributed by atoms with van der Waals surface area (Å²) in [4.78, 5) is 16.1. The number of aliphatic hydroxyl groups excluding tert-OH is 1. The van der Waals surface area contributed by atoms with Gasteiger partial charge in [0.05, 0.1) is 29.8 Å². The molecule has 1 saturated carbocycles. The Morgan fingerprint density at radius 1 is 1.21 bits per heavy atom. The molecular formula is C21H26F3N3O2. The molecular weight excluding hydrogens is 383 g/mol. The maximum absolute atomic E-state index is 13.3. The molecule has 158 valence electrons. The zero-order valence-corrected chi connectivity index (χ0v) is 16.3. The molecule has 1 saturated heterocycles. The molecule has 1 aromatic rings. The van der Waals surface area contributed by atoms with Gasteiger partial charge in [0, 0.05) is 31.7 Å². The van der Waals surface area contributed by atoms with E-state index in [1.54, 1.807) is 15.9 Å². The monoisotopic (exact) mass is 409 g/mol. The highest BCUT2D eigenvalue weighted by molar-refractivity contribution is 5.77. The van der Waals surface area contributed by atoms with E-state index in [1.165, 1.54) is 12.5 Å². The number of piperazine rings is 1. The van der Waals surface area contributed by atoms with Gasteiger partial charge in [0.1, 0.15) is 0 Å². The molecule has 1 N–H and O–H groups in total. The summed E-state index contributed by atoms with van der Waals surface area (Å²) in [6.07, 6.45) is 1.55. The van der Waals surface area contributed by atoms with Crippen LogP contribution in [0.3, 0.4) is 0 Å². The molecule has 1 unspecified atom stereocenters. The second-order valence-corrected chi connectivity index (χ2v) is 7.92. The summed E-state index contributed by atoms with van der Waals surface area (Å²) in [6.45, 7) is 0.756. The lowest BCUT2D eigenvalue weighted by Gasteiger charge is -2.42. The molecule has 0 bridgehead atoms. The number of amides is 1. The van der Waals surface area contributed by atoms with E-state index in [-0.39, 0.29) is 19.1 Å². The highest BCUT2D eigenvalue weighted by Gasteiger charge is 2.36. The number of rotatable bonds is 4. The maximum Gasteiger partial charge on any atom is 0.417 e. The third kappa shape index (κ3) is 5.02. The minimum Gasteiger partial charge on any atom is -0.394 e. The van der Waals surface area contributed by atoms with Crippen LogP contribution in [0.2, 0.25) is 0 Å². The molecule has 1 aromatic carbocycles. The van der Waals surface area contributed by atoms with Gasteiger partial charge < -0.3 is 14.9 Å². The lowest BCUT2D eigenvalue weighted by atomic mass is 9.86. The van der Waals surface area contributed by atoms with Gasteiger partial charge in [0.15, 0.2) is 0 Å². The van der Waals surface area contributed by atoms with E-state index in [4.69, 9.17) is 5.26 Å². The summed E-state index contributed by atoms with van der Waals surface area (Å²) in [5.74, 6) is 0.473. The first kappa shape index (κ1) is 21.4. The second-order valence-electron chi connectivity index (χ2n) is 7.92. The van der Waals surface area contributed by atoms with E-state index in [9.17, 15) is 23.1 Å². The van der Waals surface area contributed by atoms with Crippen LogP contribution >= 0.6 is 0 Å². The Labute approximate surface area is 168 Å². The van der Waals surface area contributed by atoms with Crippen molar-refractivity contribution < 1.29 is 23.1 Å². The number of halogens is 3. The van der Waals surface area contributed by atoms with E-state index in [0.29, 0.717) is 31.1 Å². The van der Waals surface area contributed by atoms with Crippen LogP contribution in [-0.2, 0) is 11.0 Å². The molecule has 0 spiro atoms. The molecule has 0 aromatic heterocycles. The van der Waals surface area contributed by atoms with Crippen LogP contribution in [0.25, 0.3) is 0 Å². The number of hydrogen-bond acceptors (Lipinski definition) is 4. The van der Waals surface area contributed by atoms with Gasteiger partial charge in [-0.25, -0.2) is 0 Å². The first-order chi connectivity index (χ1) is 13.8. The highest BCUT2D eigenvalue weighted by atomic mass is 19.4. The summed E-state index contributed by atoms with van der Waals surface area (Å²) in [7, 11) is 0. The molecule has 1 atom stereocenters. The van der Waals surface area contributed by atoms with Gasteiger partial charge in [-0.15, -0.1) is 0 Å². The number of carbonyl (C=O) groups is 1. The molecule has 3 rings (SSSR count). The number of aliphatic hydroxyl groups is 1. The summed E-state index contributed by atoms with van der Waals surface area (Å²) < 4.78 is 39.8. The van der Waals surface area contributed by atoms with Gasteiger partial charge in [-0.2, -0.15) is 18.4 Å². The van der Waals surface area contributed by atoms with Gasteiger partial charge in [0.25, 0.3) is 0 Å². The lowest BCUT2D eigenvalue weighted by molar-refractivity contribution is -0.137. The van der Waals surface area contributed by atoms with Crippen molar-refractivity contribution in [2.24, 2.45) is 5.92 Å². The molecule has 2 fully saturated rings. The van der Waals surface area contributed by atoms with Crippen LogP contribution in [0.5, 0.6) is 0 Å². The molecule has 2 aliphatic rings. The standard InChI is InChI=1S/C21H26F3N3O2/c22-21(23,24)19-11-17(7-6-16(19)12-25)27-9-8-26(13-18(27)14-28)20(29)10-15-4-2-1-3-5-15/h6-7,11,15,18,28H,1-5,8-10,13-14H2. The third-order valence-electron chi connectivity index (χ3n) is 5.99. The highest BCUT2D eigenvalue weighted by Crippen LogP contribution is 2.35. The van der Waals surface area contributed by atoms with Crippen molar-refractivity contribution in [3.8, 4) is 6.07 Å². The Morgan fingerprint density at radius 3 is 2.55 bits per heavy atom. The number of alkyl halides is 3. The number of carbonyl (C=O) groups excluding carboxylic acids is 1. The van der Waals surface area contributed by atoms with Gasteiger partial charge in [0.2, 0.25) is 5.91 Å². The summed E-state index contributed by atoms with van der Waals surface area (Å²) in [6, 6.07) is 4.69. The number of nitriles is 1. The van der Waals surface area contributed by atoms with Crippen molar-refractivity contribution >= 4 is 11.6 Å². The van der Waals surface area contributed by atoms with Crippen molar-refractivity contribution in [1.82, 2.24) is 4.90 Å². The molecule has 8 heteroatoms. The third-order valence-corrected chi connectivity index (χ3v) is 5.99. The fraction of sp³-hybridized carbons (Fsp3) is 0.619. The van der Waals surface area contributed by atoms with Crippen LogP contribution in [0.4, 0.5) is 18.9 Å². The van der Waals surface area contributed by atoms with Crippen LogP contribution in [0, 0.1) is 17.2 Å². The number of nitrogens with zero attached hydrogens (tertiary/aromatic N) is 3. The predicted molar refractivity (Wildman–Crippen MR) is 102 cm³/mol. The minimum atomic E-state index is -4.63. The van der Waals surface area contributed by atoms with E-state index in [2.05, 4.69) is 0 Å². The summed E-state index contributed by atoms with van der Waals surface area (Å²) in [5, 5.41) is 18.8. The predicted octanol–water partition coefficient (Wildman–Crippen LogP) is 3.56. The Bertz CT molecular complexity index is 769. The Morgan fingerprint density at radius 2 is 1.93 bits per heavy atom. The molecule has 29 heavy (non-hydrogen) atoms. The average Bonchev–Trinajstić information content (AvgIpc) is 2.73. The Hall–Kier alpha value is -2.27. The van der Waals surface area contributed by atoms with E-state index in [0.717, 1.165) is 37.8 Å². The minimum absolute atomic E-state index is 0.0609. The van der Waals surface area contributed by atoms with Crippen LogP contribution in [0.15, 0.2) is 18.2 Å². The van der Waals surface area contributed by atoms with Crippen molar-refractivity contribution in [2.75, 3.05) is 31.1 Å². The number of anilines is 1. The van der Waals surface area contributed by atoms with Crippen molar-refractivity contribution in [1.29, 1.82) is 5.26 Å². The van der Waals surface area contributed by atoms with Crippen molar-refractivity contribution in [3.05, 3.63) is 29.3 Å². The smallest absolute Gasteiger partial charge is 0.394 e. The van der Waals surface area contributed by atoms with Gasteiger partial charge in [-0.1, -0.05) is 19.3 Å². The van der Waals surface area contributed by atoms with Crippen molar-refractivity contribution in [2.45, 2.75) is 50.7 Å². The number of hydrogen-bond donors (Lipinski definition) is 1. The second kappa shape index (κ2) is 9.04. The summed E-state index contributed by atoms with van der Waals surface area (Å²) in [5.41, 5.74) is -1.11. The topological polar surface area (TPSA) is 67.6 Å². The quantitative estimate of drug-likeness (QED) is 0.826. The van der Waals surface area contributed by atoms with E-state index in [1.807, 2.05) is 0 Å². The normalized spacial score (nSPS) is 21.1. The van der Waals surface area contributed by atoms with Crippen molar-refractivity contribution in [3.63, 3.8) is 0 Å². The first-order valence-corrected chi connectivity index (χ1v) is 10.1. The summed E-state index contributed by atoms with van der Waals surface area (Å²) >= 11 is 0. The average molecular weight is 409 g/mol. The Kier molecular flexibility index (Phi) is 6.68. The van der Waals surface area contributed by atoms with Crippen LogP contribution in [0.1, 0.15) is 49.7 Å². The van der Waals surface area contributed by atoms with Crippen LogP contribution < -0.4 is 4.90 Å². The lowest BCUT2D eigenvalue weighted by Crippen LogP contribution is -2.56. The van der Waals surface area contributed by atoms with E-state index < -0.39 is 23.3 Å². The molecule has 1 heterocycles. The first-order valence-electron chi connectivity index (χ1n) is 10.1.